The third kappa shape index (κ3) is 5.71. The Balaban J connectivity index is 1.36. The molecule has 1 amide bonds. The second kappa shape index (κ2) is 11.9. The third-order valence-corrected chi connectivity index (χ3v) is 8.69. The van der Waals surface area contributed by atoms with Gasteiger partial charge >= 0.3 is 0 Å². The molecule has 1 atom stereocenters. The van der Waals surface area contributed by atoms with Crippen molar-refractivity contribution in [3.63, 3.8) is 0 Å². The van der Waals surface area contributed by atoms with Gasteiger partial charge in [-0.15, -0.1) is 21.5 Å². The molecule has 1 aliphatic heterocycles. The SMILES string of the molecule is Cc1sc2c(c1C)C(c1ccc(Cl)cc1)=N[C@@H](CC(=O)NCCCc1cc[nH]c1CCCN)c1nnc(C)n1-2. The van der Waals surface area contributed by atoms with E-state index >= 15 is 0 Å². The molecule has 0 radical (unpaired) electrons. The molecule has 1 aliphatic rings. The van der Waals surface area contributed by atoms with Crippen LogP contribution in [0.2, 0.25) is 5.02 Å². The van der Waals surface area contributed by atoms with Gasteiger partial charge in [0.25, 0.3) is 0 Å². The van der Waals surface area contributed by atoms with Crippen LogP contribution < -0.4 is 11.1 Å². The highest BCUT2D eigenvalue weighted by Crippen LogP contribution is 2.39. The highest BCUT2D eigenvalue weighted by molar-refractivity contribution is 7.15. The van der Waals surface area contributed by atoms with E-state index in [9.17, 15) is 4.79 Å². The Bertz CT molecular complexity index is 1500. The molecule has 0 aliphatic carbocycles. The normalized spacial score (nSPS) is 14.5. The summed E-state index contributed by atoms with van der Waals surface area (Å²) in [5.41, 5.74) is 12.2. The van der Waals surface area contributed by atoms with Crippen molar-refractivity contribution in [3.05, 3.63) is 86.0 Å². The molecular weight excluding hydrogens is 530 g/mol. The van der Waals surface area contributed by atoms with Gasteiger partial charge in [0.05, 0.1) is 12.1 Å². The number of halogens is 1. The van der Waals surface area contributed by atoms with Gasteiger partial charge in [0.15, 0.2) is 5.82 Å². The Morgan fingerprint density at radius 3 is 2.69 bits per heavy atom. The van der Waals surface area contributed by atoms with Gasteiger partial charge in [0, 0.05) is 39.5 Å². The summed E-state index contributed by atoms with van der Waals surface area (Å²) >= 11 is 7.90. The van der Waals surface area contributed by atoms with Crippen LogP contribution in [0.25, 0.3) is 5.00 Å². The third-order valence-electron chi connectivity index (χ3n) is 7.24. The zero-order valence-corrected chi connectivity index (χ0v) is 24.1. The number of aromatic nitrogens is 4. The van der Waals surface area contributed by atoms with Gasteiger partial charge in [-0.1, -0.05) is 23.7 Å². The van der Waals surface area contributed by atoms with Gasteiger partial charge in [-0.25, -0.2) is 0 Å². The standard InChI is InChI=1S/C29H34ClN7OS/c1-17-18(2)39-29-26(17)27(21-8-10-22(30)11-9-21)34-24(28-36-35-19(3)37(28)29)16-25(38)33-14-5-6-20-12-15-32-23(20)7-4-13-31/h8-12,15,24,32H,4-7,13-14,16,31H2,1-3H3,(H,33,38)/t24-/m0/s1. The fourth-order valence-electron chi connectivity index (χ4n) is 5.07. The van der Waals surface area contributed by atoms with Crippen molar-refractivity contribution in [2.75, 3.05) is 13.1 Å². The predicted molar refractivity (Wildman–Crippen MR) is 157 cm³/mol. The number of aromatic amines is 1. The number of aliphatic imine (C=N–C) groups is 1. The maximum Gasteiger partial charge on any atom is 0.222 e. The van der Waals surface area contributed by atoms with Gasteiger partial charge in [-0.2, -0.15) is 0 Å². The molecule has 204 valence electrons. The lowest BCUT2D eigenvalue weighted by atomic mass is 9.99. The van der Waals surface area contributed by atoms with E-state index in [0.717, 1.165) is 53.3 Å². The zero-order chi connectivity index (χ0) is 27.5. The predicted octanol–water partition coefficient (Wildman–Crippen LogP) is 5.16. The lowest BCUT2D eigenvalue weighted by Crippen LogP contribution is -2.26. The number of carbonyl (C=O) groups excluding carboxylic acids is 1. The number of thiophene rings is 1. The maximum absolute atomic E-state index is 13.2. The molecule has 3 aromatic heterocycles. The van der Waals surface area contributed by atoms with E-state index in [1.54, 1.807) is 11.3 Å². The molecule has 0 fully saturated rings. The Kier molecular flexibility index (Phi) is 8.30. The van der Waals surface area contributed by atoms with Crippen LogP contribution in [0.3, 0.4) is 0 Å². The number of nitrogens with zero attached hydrogens (tertiary/aromatic N) is 4. The number of nitrogens with one attached hydrogen (secondary N) is 2. The largest absolute Gasteiger partial charge is 0.365 e. The van der Waals surface area contributed by atoms with Crippen LogP contribution in [0.15, 0.2) is 41.5 Å². The van der Waals surface area contributed by atoms with E-state index in [1.807, 2.05) is 37.4 Å². The number of hydrogen-bond donors (Lipinski definition) is 3. The number of rotatable bonds is 10. The Hall–Kier alpha value is -3.27. The van der Waals surface area contributed by atoms with Crippen LogP contribution in [0.4, 0.5) is 0 Å². The molecule has 1 aromatic carbocycles. The number of hydrogen-bond acceptors (Lipinski definition) is 6. The first kappa shape index (κ1) is 27.3. The summed E-state index contributed by atoms with van der Waals surface area (Å²) in [7, 11) is 0. The second-order valence-electron chi connectivity index (χ2n) is 9.94. The van der Waals surface area contributed by atoms with Crippen molar-refractivity contribution in [1.82, 2.24) is 25.1 Å². The topological polar surface area (TPSA) is 114 Å². The van der Waals surface area contributed by atoms with Crippen LogP contribution in [0.1, 0.15) is 69.8 Å². The summed E-state index contributed by atoms with van der Waals surface area (Å²) in [5, 5.41) is 13.7. The van der Waals surface area contributed by atoms with E-state index in [0.29, 0.717) is 23.9 Å². The fourth-order valence-corrected chi connectivity index (χ4v) is 6.41. The Morgan fingerprint density at radius 2 is 1.92 bits per heavy atom. The van der Waals surface area contributed by atoms with E-state index in [2.05, 4.69) is 45.0 Å². The number of benzene rings is 1. The van der Waals surface area contributed by atoms with Crippen LogP contribution >= 0.6 is 22.9 Å². The van der Waals surface area contributed by atoms with E-state index < -0.39 is 6.04 Å². The van der Waals surface area contributed by atoms with Crippen molar-refractivity contribution in [2.24, 2.45) is 10.7 Å². The van der Waals surface area contributed by atoms with Crippen molar-refractivity contribution in [2.45, 2.75) is 58.9 Å². The van der Waals surface area contributed by atoms with Crippen LogP contribution in [-0.2, 0) is 17.6 Å². The van der Waals surface area contributed by atoms with Gasteiger partial charge in [0.2, 0.25) is 5.91 Å². The first-order chi connectivity index (χ1) is 18.9. The van der Waals surface area contributed by atoms with E-state index in [1.165, 1.54) is 21.7 Å². The smallest absolute Gasteiger partial charge is 0.222 e. The summed E-state index contributed by atoms with van der Waals surface area (Å²) in [6, 6.07) is 9.36. The highest BCUT2D eigenvalue weighted by Gasteiger charge is 2.32. The van der Waals surface area contributed by atoms with Gasteiger partial charge < -0.3 is 16.0 Å². The molecule has 39 heavy (non-hydrogen) atoms. The molecule has 0 bridgehead atoms. The quantitative estimate of drug-likeness (QED) is 0.231. The first-order valence-electron chi connectivity index (χ1n) is 13.4. The summed E-state index contributed by atoms with van der Waals surface area (Å²) in [4.78, 5) is 22.9. The summed E-state index contributed by atoms with van der Waals surface area (Å²) in [6.07, 6.45) is 5.83. The van der Waals surface area contributed by atoms with Gasteiger partial charge in [0.1, 0.15) is 16.9 Å². The minimum Gasteiger partial charge on any atom is -0.365 e. The lowest BCUT2D eigenvalue weighted by molar-refractivity contribution is -0.121. The Labute approximate surface area is 237 Å². The first-order valence-corrected chi connectivity index (χ1v) is 14.5. The van der Waals surface area contributed by atoms with Crippen LogP contribution in [0.5, 0.6) is 0 Å². The van der Waals surface area contributed by atoms with Crippen molar-refractivity contribution < 1.29 is 4.79 Å². The zero-order valence-electron chi connectivity index (χ0n) is 22.6. The second-order valence-corrected chi connectivity index (χ2v) is 11.6. The van der Waals surface area contributed by atoms with Gasteiger partial charge in [-0.3, -0.25) is 14.4 Å². The number of nitrogens with two attached hydrogens (primary N) is 1. The highest BCUT2D eigenvalue weighted by atomic mass is 35.5. The molecule has 0 saturated carbocycles. The van der Waals surface area contributed by atoms with Gasteiger partial charge in [-0.05, 0) is 82.3 Å². The fraction of sp³-hybridized carbons (Fsp3) is 0.379. The molecular formula is C29H34ClN7OS. The van der Waals surface area contributed by atoms with E-state index in [4.69, 9.17) is 22.3 Å². The molecule has 8 nitrogen and oxygen atoms in total. The molecule has 4 heterocycles. The van der Waals surface area contributed by atoms with E-state index in [-0.39, 0.29) is 12.3 Å². The summed E-state index contributed by atoms with van der Waals surface area (Å²) < 4.78 is 2.07. The molecule has 0 unspecified atom stereocenters. The lowest BCUT2D eigenvalue weighted by Gasteiger charge is -2.13. The summed E-state index contributed by atoms with van der Waals surface area (Å²) in [5.74, 6) is 1.41. The average Bonchev–Trinajstić information content (AvgIpc) is 3.59. The number of amides is 1. The number of fused-ring (bicyclic) bond motifs is 3. The molecule has 0 spiro atoms. The maximum atomic E-state index is 13.2. The number of aryl methyl sites for hydroxylation is 4. The van der Waals surface area contributed by atoms with Crippen molar-refractivity contribution in [3.8, 4) is 5.00 Å². The summed E-state index contributed by atoms with van der Waals surface area (Å²) in [6.45, 7) is 7.45. The van der Waals surface area contributed by atoms with Crippen LogP contribution in [-0.4, -0.2) is 44.5 Å². The monoisotopic (exact) mass is 563 g/mol. The van der Waals surface area contributed by atoms with Crippen molar-refractivity contribution >= 4 is 34.6 Å². The molecule has 4 aromatic rings. The van der Waals surface area contributed by atoms with Crippen molar-refractivity contribution in [1.29, 1.82) is 0 Å². The molecule has 10 heteroatoms. The number of H-pyrrole nitrogens is 1. The molecule has 0 saturated heterocycles. The number of carbonyl (C=O) groups is 1. The average molecular weight is 564 g/mol. The minimum absolute atomic E-state index is 0.0537. The van der Waals surface area contributed by atoms with Crippen LogP contribution in [0, 0.1) is 20.8 Å². The molecule has 5 rings (SSSR count). The molecule has 4 N–H and O–H groups in total. The minimum atomic E-state index is -0.469. The Morgan fingerprint density at radius 1 is 1.13 bits per heavy atom.